The van der Waals surface area contributed by atoms with Crippen molar-refractivity contribution in [3.8, 4) is 11.8 Å². The second-order valence-corrected chi connectivity index (χ2v) is 6.85. The van der Waals surface area contributed by atoms with Gasteiger partial charge in [-0.25, -0.2) is 0 Å². The van der Waals surface area contributed by atoms with Crippen LogP contribution in [0.4, 0.5) is 5.69 Å². The van der Waals surface area contributed by atoms with E-state index < -0.39 is 12.0 Å². The highest BCUT2D eigenvalue weighted by molar-refractivity contribution is 6.28. The van der Waals surface area contributed by atoms with Gasteiger partial charge in [0.2, 0.25) is 0 Å². The summed E-state index contributed by atoms with van der Waals surface area (Å²) < 4.78 is 5.60. The quantitative estimate of drug-likeness (QED) is 0.567. The molecule has 0 aliphatic heterocycles. The summed E-state index contributed by atoms with van der Waals surface area (Å²) in [6.07, 6.45) is -0.813. The maximum absolute atomic E-state index is 12.8. The van der Waals surface area contributed by atoms with Gasteiger partial charge in [-0.3, -0.25) is 14.4 Å². The minimum atomic E-state index is -0.813. The first-order chi connectivity index (χ1) is 14.5. The Morgan fingerprint density at radius 1 is 0.900 bits per heavy atom. The lowest BCUT2D eigenvalue weighted by atomic mass is 9.84. The lowest BCUT2D eigenvalue weighted by Crippen LogP contribution is -2.30. The molecule has 0 bridgehead atoms. The molecule has 0 radical (unpaired) electrons. The molecule has 0 fully saturated rings. The van der Waals surface area contributed by atoms with Crippen LogP contribution in [0, 0.1) is 11.3 Å². The van der Waals surface area contributed by atoms with Crippen molar-refractivity contribution in [2.24, 2.45) is 0 Å². The first-order valence-corrected chi connectivity index (χ1v) is 9.28. The van der Waals surface area contributed by atoms with E-state index in [2.05, 4.69) is 5.32 Å². The van der Waals surface area contributed by atoms with Gasteiger partial charge in [0.25, 0.3) is 5.91 Å². The standard InChI is InChI=1S/C24H16N2O4/c1-14(30-17-9-6-15(13-25)7-10-17)24(29)26-16-8-11-20-21(12-16)23(28)19-5-3-2-4-18(19)22(20)27/h2-12,14H,1H3,(H,26,29)/t14-/m1/s1. The van der Waals surface area contributed by atoms with Gasteiger partial charge in [0, 0.05) is 27.9 Å². The van der Waals surface area contributed by atoms with Crippen LogP contribution in [-0.4, -0.2) is 23.6 Å². The van der Waals surface area contributed by atoms with Crippen molar-refractivity contribution in [3.05, 3.63) is 94.5 Å². The molecule has 6 nitrogen and oxygen atoms in total. The van der Waals surface area contributed by atoms with Crippen LogP contribution >= 0.6 is 0 Å². The molecule has 3 aromatic carbocycles. The van der Waals surface area contributed by atoms with Crippen molar-refractivity contribution in [2.75, 3.05) is 5.32 Å². The van der Waals surface area contributed by atoms with E-state index in [9.17, 15) is 14.4 Å². The van der Waals surface area contributed by atoms with Crippen LogP contribution in [-0.2, 0) is 4.79 Å². The number of ether oxygens (including phenoxy) is 1. The van der Waals surface area contributed by atoms with Crippen LogP contribution in [0.2, 0.25) is 0 Å². The Kier molecular flexibility index (Phi) is 4.87. The Morgan fingerprint density at radius 2 is 1.50 bits per heavy atom. The predicted molar refractivity (Wildman–Crippen MR) is 110 cm³/mol. The first kappa shape index (κ1) is 19.1. The molecular formula is C24H16N2O4. The third-order valence-corrected chi connectivity index (χ3v) is 4.86. The third-order valence-electron chi connectivity index (χ3n) is 4.86. The van der Waals surface area contributed by atoms with Crippen molar-refractivity contribution in [2.45, 2.75) is 13.0 Å². The lowest BCUT2D eigenvalue weighted by Gasteiger charge is -2.19. The number of ketones is 2. The van der Waals surface area contributed by atoms with Crippen molar-refractivity contribution in [1.29, 1.82) is 5.26 Å². The smallest absolute Gasteiger partial charge is 0.265 e. The molecule has 0 unspecified atom stereocenters. The molecule has 1 N–H and O–H groups in total. The molecular weight excluding hydrogens is 380 g/mol. The maximum atomic E-state index is 12.8. The molecule has 0 heterocycles. The minimum Gasteiger partial charge on any atom is -0.481 e. The van der Waals surface area contributed by atoms with E-state index in [0.717, 1.165) is 0 Å². The van der Waals surface area contributed by atoms with Gasteiger partial charge in [0.05, 0.1) is 11.6 Å². The van der Waals surface area contributed by atoms with E-state index in [1.165, 1.54) is 6.07 Å². The summed E-state index contributed by atoms with van der Waals surface area (Å²) in [5.74, 6) is -0.414. The number of nitrogens with one attached hydrogen (secondary N) is 1. The molecule has 0 spiro atoms. The highest BCUT2D eigenvalue weighted by atomic mass is 16.5. The van der Waals surface area contributed by atoms with Gasteiger partial charge in [-0.1, -0.05) is 24.3 Å². The maximum Gasteiger partial charge on any atom is 0.265 e. The molecule has 4 rings (SSSR count). The molecule has 1 aliphatic rings. The number of carbonyl (C=O) groups is 3. The molecule has 1 atom stereocenters. The number of amides is 1. The van der Waals surface area contributed by atoms with E-state index >= 15 is 0 Å². The molecule has 30 heavy (non-hydrogen) atoms. The highest BCUT2D eigenvalue weighted by Gasteiger charge is 2.29. The normalized spacial score (nSPS) is 12.9. The van der Waals surface area contributed by atoms with E-state index in [1.807, 2.05) is 6.07 Å². The van der Waals surface area contributed by atoms with Crippen LogP contribution in [0.3, 0.4) is 0 Å². The van der Waals surface area contributed by atoms with Gasteiger partial charge in [0.1, 0.15) is 5.75 Å². The summed E-state index contributed by atoms with van der Waals surface area (Å²) in [5, 5.41) is 11.6. The third kappa shape index (κ3) is 3.45. The summed E-state index contributed by atoms with van der Waals surface area (Å²) in [6, 6.07) is 19.8. The number of fused-ring (bicyclic) bond motifs is 2. The van der Waals surface area contributed by atoms with Crippen molar-refractivity contribution in [1.82, 2.24) is 0 Å². The Hall–Kier alpha value is -4.24. The number of nitriles is 1. The SMILES string of the molecule is C[C@@H](Oc1ccc(C#N)cc1)C(=O)Nc1ccc2c(c1)C(=O)c1ccccc1C2=O. The molecule has 6 heteroatoms. The fourth-order valence-electron chi connectivity index (χ4n) is 3.29. The van der Waals surface area contributed by atoms with Gasteiger partial charge in [-0.15, -0.1) is 0 Å². The van der Waals surface area contributed by atoms with E-state index in [1.54, 1.807) is 67.6 Å². The van der Waals surface area contributed by atoms with Gasteiger partial charge >= 0.3 is 0 Å². The molecule has 0 saturated heterocycles. The predicted octanol–water partition coefficient (Wildman–Crippen LogP) is 3.74. The lowest BCUT2D eigenvalue weighted by molar-refractivity contribution is -0.122. The largest absolute Gasteiger partial charge is 0.481 e. The molecule has 0 saturated carbocycles. The monoisotopic (exact) mass is 396 g/mol. The van der Waals surface area contributed by atoms with Crippen LogP contribution < -0.4 is 10.1 Å². The molecule has 146 valence electrons. The van der Waals surface area contributed by atoms with E-state index in [-0.39, 0.29) is 17.1 Å². The Labute approximate surface area is 172 Å². The zero-order chi connectivity index (χ0) is 21.3. The Morgan fingerprint density at radius 3 is 2.13 bits per heavy atom. The van der Waals surface area contributed by atoms with Crippen LogP contribution in [0.25, 0.3) is 0 Å². The van der Waals surface area contributed by atoms with Crippen LogP contribution in [0.1, 0.15) is 44.3 Å². The molecule has 3 aromatic rings. The Bertz CT molecular complexity index is 1220. The van der Waals surface area contributed by atoms with Crippen molar-refractivity contribution < 1.29 is 19.1 Å². The van der Waals surface area contributed by atoms with Crippen LogP contribution in [0.5, 0.6) is 5.75 Å². The van der Waals surface area contributed by atoms with Gasteiger partial charge in [-0.05, 0) is 49.4 Å². The highest BCUT2D eigenvalue weighted by Crippen LogP contribution is 2.29. The van der Waals surface area contributed by atoms with Crippen LogP contribution in [0.15, 0.2) is 66.7 Å². The molecule has 1 amide bonds. The second kappa shape index (κ2) is 7.64. The summed E-state index contributed by atoms with van der Waals surface area (Å²) in [6.45, 7) is 1.59. The second-order valence-electron chi connectivity index (χ2n) is 6.85. The van der Waals surface area contributed by atoms with Crippen molar-refractivity contribution in [3.63, 3.8) is 0 Å². The number of nitrogens with zero attached hydrogens (tertiary/aromatic N) is 1. The fraction of sp³-hybridized carbons (Fsp3) is 0.0833. The van der Waals surface area contributed by atoms with Gasteiger partial charge in [0.15, 0.2) is 17.7 Å². The van der Waals surface area contributed by atoms with Gasteiger partial charge < -0.3 is 10.1 Å². The Balaban J connectivity index is 1.51. The van der Waals surface area contributed by atoms with Gasteiger partial charge in [-0.2, -0.15) is 5.26 Å². The van der Waals surface area contributed by atoms with Crippen molar-refractivity contribution >= 4 is 23.2 Å². The summed E-state index contributed by atoms with van der Waals surface area (Å²) in [4.78, 5) is 38.0. The average Bonchev–Trinajstić information content (AvgIpc) is 2.78. The summed E-state index contributed by atoms with van der Waals surface area (Å²) in [7, 11) is 0. The van der Waals surface area contributed by atoms with E-state index in [0.29, 0.717) is 33.7 Å². The zero-order valence-electron chi connectivity index (χ0n) is 16.0. The number of hydrogen-bond acceptors (Lipinski definition) is 5. The minimum absolute atomic E-state index is 0.212. The number of rotatable bonds is 4. The van der Waals surface area contributed by atoms with E-state index in [4.69, 9.17) is 10.00 Å². The number of anilines is 1. The topological polar surface area (TPSA) is 96.3 Å². The summed E-state index contributed by atoms with van der Waals surface area (Å²) >= 11 is 0. The molecule has 1 aliphatic carbocycles. The first-order valence-electron chi connectivity index (χ1n) is 9.28. The zero-order valence-corrected chi connectivity index (χ0v) is 16.0. The number of hydrogen-bond donors (Lipinski definition) is 1. The number of benzene rings is 3. The average molecular weight is 396 g/mol. The number of carbonyl (C=O) groups excluding carboxylic acids is 3. The molecule has 0 aromatic heterocycles. The summed E-state index contributed by atoms with van der Waals surface area (Å²) in [5.41, 5.74) is 2.21. The fourth-order valence-corrected chi connectivity index (χ4v) is 3.29.